The highest BCUT2D eigenvalue weighted by Gasteiger charge is 2.08. The summed E-state index contributed by atoms with van der Waals surface area (Å²) >= 11 is 0. The van der Waals surface area contributed by atoms with Crippen molar-refractivity contribution in [1.82, 2.24) is 0 Å². The number of nitrogens with one attached hydrogen (secondary N) is 1. The first-order valence-electron chi connectivity index (χ1n) is 8.78. The van der Waals surface area contributed by atoms with E-state index < -0.39 is 6.61 Å². The van der Waals surface area contributed by atoms with Crippen molar-refractivity contribution in [2.45, 2.75) is 13.0 Å². The molecule has 0 saturated heterocycles. The van der Waals surface area contributed by atoms with Crippen molar-refractivity contribution in [1.29, 1.82) is 0 Å². The van der Waals surface area contributed by atoms with E-state index in [-0.39, 0.29) is 18.1 Å². The third kappa shape index (κ3) is 5.93. The summed E-state index contributed by atoms with van der Waals surface area (Å²) in [4.78, 5) is 12.2. The fraction of sp³-hybridized carbons (Fsp3) is 0.136. The Morgan fingerprint density at radius 1 is 0.897 bits per heavy atom. The number of carbonyl (C=O) groups is 1. The molecule has 5 nitrogen and oxygen atoms in total. The van der Waals surface area contributed by atoms with Gasteiger partial charge in [0.1, 0.15) is 11.5 Å². The molecule has 1 N–H and O–H groups in total. The topological polar surface area (TPSA) is 56.8 Å². The average molecular weight is 399 g/mol. The third-order valence-electron chi connectivity index (χ3n) is 3.95. The molecule has 0 aromatic heterocycles. The monoisotopic (exact) mass is 399 g/mol. The Balaban J connectivity index is 1.55. The number of amides is 1. The van der Waals surface area contributed by atoms with Crippen LogP contribution in [-0.2, 0) is 11.2 Å². The first-order chi connectivity index (χ1) is 14.0. The van der Waals surface area contributed by atoms with Crippen LogP contribution in [0.4, 0.5) is 14.5 Å². The summed E-state index contributed by atoms with van der Waals surface area (Å²) in [6, 6.07) is 20.2. The number of halogens is 2. The van der Waals surface area contributed by atoms with E-state index in [0.717, 1.165) is 0 Å². The van der Waals surface area contributed by atoms with E-state index >= 15 is 0 Å². The van der Waals surface area contributed by atoms with E-state index in [1.54, 1.807) is 55.6 Å². The maximum atomic E-state index is 12.2. The maximum absolute atomic E-state index is 12.2. The molecule has 0 radical (unpaired) electrons. The quantitative estimate of drug-likeness (QED) is 0.561. The molecule has 3 rings (SSSR count). The van der Waals surface area contributed by atoms with Gasteiger partial charge in [0.25, 0.3) is 0 Å². The first-order valence-corrected chi connectivity index (χ1v) is 8.78. The summed E-state index contributed by atoms with van der Waals surface area (Å²) in [5.74, 6) is 1.63. The number of rotatable bonds is 8. The second-order valence-corrected chi connectivity index (χ2v) is 6.02. The Morgan fingerprint density at radius 2 is 1.52 bits per heavy atom. The van der Waals surface area contributed by atoms with Crippen LogP contribution in [0.3, 0.4) is 0 Å². The van der Waals surface area contributed by atoms with Crippen LogP contribution in [0.1, 0.15) is 5.56 Å². The van der Waals surface area contributed by atoms with Gasteiger partial charge in [-0.1, -0.05) is 24.3 Å². The third-order valence-corrected chi connectivity index (χ3v) is 3.95. The molecule has 0 aliphatic heterocycles. The zero-order valence-corrected chi connectivity index (χ0v) is 15.6. The minimum absolute atomic E-state index is 0.0507. The van der Waals surface area contributed by atoms with Gasteiger partial charge in [0.15, 0.2) is 11.5 Å². The summed E-state index contributed by atoms with van der Waals surface area (Å²) in [5.41, 5.74) is 1.29. The van der Waals surface area contributed by atoms with Crippen molar-refractivity contribution in [2.24, 2.45) is 0 Å². The molecule has 7 heteroatoms. The van der Waals surface area contributed by atoms with Gasteiger partial charge in [0.2, 0.25) is 5.91 Å². The number of methoxy groups -OCH3 is 1. The number of hydrogen-bond donors (Lipinski definition) is 1. The van der Waals surface area contributed by atoms with Crippen molar-refractivity contribution < 1.29 is 27.8 Å². The van der Waals surface area contributed by atoms with E-state index in [1.165, 1.54) is 12.1 Å². The predicted octanol–water partition coefficient (Wildman–Crippen LogP) is 5.27. The fourth-order valence-electron chi connectivity index (χ4n) is 2.62. The van der Waals surface area contributed by atoms with Gasteiger partial charge in [-0.25, -0.2) is 0 Å². The molecule has 150 valence electrons. The summed E-state index contributed by atoms with van der Waals surface area (Å²) < 4.78 is 39.6. The van der Waals surface area contributed by atoms with Crippen molar-refractivity contribution in [2.75, 3.05) is 12.4 Å². The Bertz CT molecular complexity index is 944. The molecule has 0 atom stereocenters. The molecular weight excluding hydrogens is 380 g/mol. The fourth-order valence-corrected chi connectivity index (χ4v) is 2.62. The largest absolute Gasteiger partial charge is 0.493 e. The van der Waals surface area contributed by atoms with Crippen LogP contribution in [0, 0.1) is 0 Å². The Morgan fingerprint density at radius 3 is 2.14 bits per heavy atom. The first kappa shape index (κ1) is 20.1. The molecule has 0 bridgehead atoms. The average Bonchev–Trinajstić information content (AvgIpc) is 2.71. The molecule has 1 amide bonds. The Labute approximate surface area is 166 Å². The van der Waals surface area contributed by atoms with Gasteiger partial charge in [0.05, 0.1) is 13.5 Å². The minimum atomic E-state index is -2.88. The van der Waals surface area contributed by atoms with Crippen LogP contribution < -0.4 is 19.5 Å². The molecule has 0 heterocycles. The van der Waals surface area contributed by atoms with Gasteiger partial charge < -0.3 is 19.5 Å². The normalized spacial score (nSPS) is 10.5. The highest BCUT2D eigenvalue weighted by molar-refractivity contribution is 5.92. The second-order valence-electron chi connectivity index (χ2n) is 6.02. The van der Waals surface area contributed by atoms with E-state index in [9.17, 15) is 13.6 Å². The number of ether oxygens (including phenoxy) is 3. The molecule has 0 saturated carbocycles. The lowest BCUT2D eigenvalue weighted by atomic mass is 10.1. The number of anilines is 1. The lowest BCUT2D eigenvalue weighted by Crippen LogP contribution is -2.14. The molecule has 3 aromatic rings. The van der Waals surface area contributed by atoms with Crippen molar-refractivity contribution in [3.63, 3.8) is 0 Å². The number of alkyl halides is 2. The van der Waals surface area contributed by atoms with E-state index in [4.69, 9.17) is 9.47 Å². The smallest absolute Gasteiger partial charge is 0.387 e. The highest BCUT2D eigenvalue weighted by atomic mass is 19.3. The summed E-state index contributed by atoms with van der Waals surface area (Å²) in [5, 5.41) is 2.78. The van der Waals surface area contributed by atoms with Crippen molar-refractivity contribution in [3.8, 4) is 23.0 Å². The molecule has 0 aliphatic rings. The van der Waals surface area contributed by atoms with Crippen LogP contribution in [0.5, 0.6) is 23.0 Å². The maximum Gasteiger partial charge on any atom is 0.387 e. The van der Waals surface area contributed by atoms with Crippen LogP contribution in [0.15, 0.2) is 72.8 Å². The minimum Gasteiger partial charge on any atom is -0.493 e. The second kappa shape index (κ2) is 9.54. The Hall–Kier alpha value is -3.61. The molecular formula is C22H19F2NO4. The van der Waals surface area contributed by atoms with E-state index in [2.05, 4.69) is 10.1 Å². The van der Waals surface area contributed by atoms with Crippen molar-refractivity contribution in [3.05, 3.63) is 78.4 Å². The van der Waals surface area contributed by atoms with Crippen molar-refractivity contribution >= 4 is 11.6 Å². The molecule has 0 fully saturated rings. The molecule has 0 spiro atoms. The Kier molecular flexibility index (Phi) is 6.63. The number of carbonyl (C=O) groups excluding carboxylic acids is 1. The van der Waals surface area contributed by atoms with Crippen LogP contribution in [0.2, 0.25) is 0 Å². The van der Waals surface area contributed by atoms with Crippen LogP contribution in [0.25, 0.3) is 0 Å². The van der Waals surface area contributed by atoms with Gasteiger partial charge in [-0.2, -0.15) is 8.78 Å². The number of hydrogen-bond acceptors (Lipinski definition) is 4. The molecule has 29 heavy (non-hydrogen) atoms. The SMILES string of the molecule is COc1ccccc1Oc1ccc(NC(=O)Cc2ccc(OC(F)F)cc2)cc1. The summed E-state index contributed by atoms with van der Waals surface area (Å²) in [6.07, 6.45) is 0.106. The van der Waals surface area contributed by atoms with E-state index in [0.29, 0.717) is 28.5 Å². The molecule has 0 unspecified atom stereocenters. The van der Waals surface area contributed by atoms with Crippen LogP contribution in [-0.4, -0.2) is 19.6 Å². The predicted molar refractivity (Wildman–Crippen MR) is 105 cm³/mol. The summed E-state index contributed by atoms with van der Waals surface area (Å²) in [7, 11) is 1.57. The van der Waals surface area contributed by atoms with Gasteiger partial charge >= 0.3 is 6.61 Å². The number of benzene rings is 3. The standard InChI is InChI=1S/C22H19F2NO4/c1-27-19-4-2-3-5-20(19)28-17-12-8-16(9-13-17)25-21(26)14-15-6-10-18(11-7-15)29-22(23)24/h2-13,22H,14H2,1H3,(H,25,26). The van der Waals surface area contributed by atoms with Gasteiger partial charge in [-0.05, 0) is 54.1 Å². The zero-order valence-electron chi connectivity index (χ0n) is 15.6. The van der Waals surface area contributed by atoms with E-state index in [1.807, 2.05) is 12.1 Å². The van der Waals surface area contributed by atoms with Gasteiger partial charge in [-0.15, -0.1) is 0 Å². The molecule has 3 aromatic carbocycles. The molecule has 0 aliphatic carbocycles. The lowest BCUT2D eigenvalue weighted by Gasteiger charge is -2.11. The summed E-state index contributed by atoms with van der Waals surface area (Å²) in [6.45, 7) is -2.88. The lowest BCUT2D eigenvalue weighted by molar-refractivity contribution is -0.115. The highest BCUT2D eigenvalue weighted by Crippen LogP contribution is 2.31. The van der Waals surface area contributed by atoms with Gasteiger partial charge in [0, 0.05) is 5.69 Å². The zero-order chi connectivity index (χ0) is 20.6. The van der Waals surface area contributed by atoms with Crippen LogP contribution >= 0.6 is 0 Å². The van der Waals surface area contributed by atoms with Gasteiger partial charge in [-0.3, -0.25) is 4.79 Å². The number of para-hydroxylation sites is 2.